The van der Waals surface area contributed by atoms with Gasteiger partial charge in [0.05, 0.1) is 0 Å². The Morgan fingerprint density at radius 3 is 2.89 bits per heavy atom. The molecule has 0 bridgehead atoms. The van der Waals surface area contributed by atoms with E-state index in [0.717, 1.165) is 19.4 Å². The number of hydrogen-bond acceptors (Lipinski definition) is 3. The highest BCUT2D eigenvalue weighted by Gasteiger charge is 2.24. The van der Waals surface area contributed by atoms with E-state index in [1.54, 1.807) is 24.3 Å². The number of amides is 2. The molecule has 0 radical (unpaired) electrons. The van der Waals surface area contributed by atoms with Crippen LogP contribution in [0.15, 0.2) is 24.3 Å². The molecule has 0 aliphatic carbocycles. The number of carbonyl (C=O) groups is 2. The molecule has 0 spiro atoms. The van der Waals surface area contributed by atoms with Crippen molar-refractivity contribution in [3.05, 3.63) is 29.8 Å². The minimum atomic E-state index is -0.494. The Hall–Kier alpha value is -1.88. The van der Waals surface area contributed by atoms with E-state index in [9.17, 15) is 9.59 Å². The summed E-state index contributed by atoms with van der Waals surface area (Å²) in [5.41, 5.74) is 6.23. The number of benzene rings is 1. The summed E-state index contributed by atoms with van der Waals surface area (Å²) in [6.07, 6.45) is 1.67. The number of nitrogens with two attached hydrogens (primary N) is 1. The average Bonchev–Trinajstić information content (AvgIpc) is 2.39. The maximum atomic E-state index is 12.1. The molecule has 2 rings (SSSR count). The molecule has 1 saturated heterocycles. The standard InChI is InChI=1S/C14H19N3O2/c1-9-7-11(5-6-16-9)14(19)17-12-4-2-3-10(8-12)13(15)18/h2-4,8-9,11,16H,5-7H2,1H3,(H2,15,18)(H,17,19)/t9-,11-/m0/s1. The molecule has 19 heavy (non-hydrogen) atoms. The van der Waals surface area contributed by atoms with Crippen LogP contribution in [0.1, 0.15) is 30.1 Å². The topological polar surface area (TPSA) is 84.2 Å². The summed E-state index contributed by atoms with van der Waals surface area (Å²) in [5.74, 6) is -0.463. The molecule has 1 aromatic rings. The van der Waals surface area contributed by atoms with E-state index in [1.807, 2.05) is 0 Å². The Kier molecular flexibility index (Phi) is 4.16. The van der Waals surface area contributed by atoms with Gasteiger partial charge in [-0.05, 0) is 44.5 Å². The summed E-state index contributed by atoms with van der Waals surface area (Å²) in [6.45, 7) is 2.94. The minimum Gasteiger partial charge on any atom is -0.366 e. The number of carbonyl (C=O) groups excluding carboxylic acids is 2. The van der Waals surface area contributed by atoms with Crippen molar-refractivity contribution in [1.82, 2.24) is 5.32 Å². The van der Waals surface area contributed by atoms with Gasteiger partial charge in [-0.15, -0.1) is 0 Å². The fourth-order valence-electron chi connectivity index (χ4n) is 2.36. The lowest BCUT2D eigenvalue weighted by molar-refractivity contribution is -0.120. The van der Waals surface area contributed by atoms with Crippen LogP contribution in [-0.2, 0) is 4.79 Å². The van der Waals surface area contributed by atoms with E-state index in [-0.39, 0.29) is 11.8 Å². The molecule has 2 amide bonds. The summed E-state index contributed by atoms with van der Waals surface area (Å²) < 4.78 is 0. The van der Waals surface area contributed by atoms with Gasteiger partial charge in [-0.2, -0.15) is 0 Å². The van der Waals surface area contributed by atoms with E-state index in [0.29, 0.717) is 17.3 Å². The van der Waals surface area contributed by atoms with Crippen molar-refractivity contribution in [1.29, 1.82) is 0 Å². The third-order valence-electron chi connectivity index (χ3n) is 3.41. The number of nitrogens with one attached hydrogen (secondary N) is 2. The van der Waals surface area contributed by atoms with Crippen LogP contribution in [0.2, 0.25) is 0 Å². The molecule has 0 unspecified atom stereocenters. The van der Waals surface area contributed by atoms with Crippen LogP contribution in [0.25, 0.3) is 0 Å². The highest BCUT2D eigenvalue weighted by molar-refractivity contribution is 5.96. The van der Waals surface area contributed by atoms with E-state index in [4.69, 9.17) is 5.73 Å². The molecular formula is C14H19N3O2. The van der Waals surface area contributed by atoms with Gasteiger partial charge in [-0.3, -0.25) is 9.59 Å². The number of piperidine rings is 1. The van der Waals surface area contributed by atoms with Gasteiger partial charge in [0.25, 0.3) is 0 Å². The van der Waals surface area contributed by atoms with Crippen molar-refractivity contribution in [2.75, 3.05) is 11.9 Å². The van der Waals surface area contributed by atoms with E-state index < -0.39 is 5.91 Å². The smallest absolute Gasteiger partial charge is 0.248 e. The zero-order valence-electron chi connectivity index (χ0n) is 11.0. The SMILES string of the molecule is C[C@H]1C[C@@H](C(=O)Nc2cccc(C(N)=O)c2)CCN1. The largest absolute Gasteiger partial charge is 0.366 e. The highest BCUT2D eigenvalue weighted by atomic mass is 16.2. The monoisotopic (exact) mass is 261 g/mol. The third-order valence-corrected chi connectivity index (χ3v) is 3.41. The van der Waals surface area contributed by atoms with Crippen molar-refractivity contribution >= 4 is 17.5 Å². The second-order valence-electron chi connectivity index (χ2n) is 5.01. The van der Waals surface area contributed by atoms with Crippen LogP contribution < -0.4 is 16.4 Å². The van der Waals surface area contributed by atoms with E-state index in [2.05, 4.69) is 17.6 Å². The zero-order valence-corrected chi connectivity index (χ0v) is 11.0. The molecule has 5 nitrogen and oxygen atoms in total. The summed E-state index contributed by atoms with van der Waals surface area (Å²) in [5, 5.41) is 6.17. The van der Waals surface area contributed by atoms with E-state index in [1.165, 1.54) is 0 Å². The summed E-state index contributed by atoms with van der Waals surface area (Å²) in [7, 11) is 0. The molecule has 0 aromatic heterocycles. The lowest BCUT2D eigenvalue weighted by Gasteiger charge is -2.27. The van der Waals surface area contributed by atoms with Crippen LogP contribution in [0, 0.1) is 5.92 Å². The summed E-state index contributed by atoms with van der Waals surface area (Å²) >= 11 is 0. The van der Waals surface area contributed by atoms with Crippen molar-refractivity contribution < 1.29 is 9.59 Å². The maximum Gasteiger partial charge on any atom is 0.248 e. The third kappa shape index (κ3) is 3.54. The second-order valence-corrected chi connectivity index (χ2v) is 5.01. The number of primary amides is 1. The lowest BCUT2D eigenvalue weighted by Crippen LogP contribution is -2.40. The van der Waals surface area contributed by atoms with Crippen LogP contribution in [-0.4, -0.2) is 24.4 Å². The molecule has 102 valence electrons. The Balaban J connectivity index is 2.02. The first-order valence-corrected chi connectivity index (χ1v) is 6.50. The van der Waals surface area contributed by atoms with Crippen molar-refractivity contribution in [2.24, 2.45) is 11.7 Å². The van der Waals surface area contributed by atoms with E-state index >= 15 is 0 Å². The zero-order chi connectivity index (χ0) is 13.8. The second kappa shape index (κ2) is 5.84. The maximum absolute atomic E-state index is 12.1. The fourth-order valence-corrected chi connectivity index (χ4v) is 2.36. The Labute approximate surface area is 112 Å². The highest BCUT2D eigenvalue weighted by Crippen LogP contribution is 2.19. The fraction of sp³-hybridized carbons (Fsp3) is 0.429. The quantitative estimate of drug-likeness (QED) is 0.762. The normalized spacial score (nSPS) is 22.8. The molecule has 0 saturated carbocycles. The molecule has 1 aliphatic heterocycles. The van der Waals surface area contributed by atoms with Crippen LogP contribution in [0.5, 0.6) is 0 Å². The van der Waals surface area contributed by atoms with Crippen LogP contribution in [0.4, 0.5) is 5.69 Å². The predicted molar refractivity (Wildman–Crippen MR) is 73.8 cm³/mol. The first-order chi connectivity index (χ1) is 9.06. The molecule has 5 heteroatoms. The molecule has 4 N–H and O–H groups in total. The average molecular weight is 261 g/mol. The lowest BCUT2D eigenvalue weighted by atomic mass is 9.92. The first kappa shape index (κ1) is 13.5. The number of anilines is 1. The van der Waals surface area contributed by atoms with Crippen molar-refractivity contribution in [3.63, 3.8) is 0 Å². The van der Waals surface area contributed by atoms with Crippen LogP contribution >= 0.6 is 0 Å². The Bertz CT molecular complexity index is 487. The van der Waals surface area contributed by atoms with Crippen molar-refractivity contribution in [2.45, 2.75) is 25.8 Å². The molecule has 1 fully saturated rings. The van der Waals surface area contributed by atoms with Gasteiger partial charge in [-0.1, -0.05) is 6.07 Å². The predicted octanol–water partition coefficient (Wildman–Crippen LogP) is 1.11. The van der Waals surface area contributed by atoms with Gasteiger partial charge in [0.2, 0.25) is 11.8 Å². The van der Waals surface area contributed by atoms with Crippen molar-refractivity contribution in [3.8, 4) is 0 Å². The van der Waals surface area contributed by atoms with Gasteiger partial charge >= 0.3 is 0 Å². The Morgan fingerprint density at radius 1 is 1.42 bits per heavy atom. The molecule has 2 atom stereocenters. The van der Waals surface area contributed by atoms with Crippen LogP contribution in [0.3, 0.4) is 0 Å². The van der Waals surface area contributed by atoms with Gasteiger partial charge in [0, 0.05) is 23.2 Å². The minimum absolute atomic E-state index is 0.00923. The molecule has 1 aliphatic rings. The molecule has 1 heterocycles. The summed E-state index contributed by atoms with van der Waals surface area (Å²) in [4.78, 5) is 23.2. The first-order valence-electron chi connectivity index (χ1n) is 6.50. The summed E-state index contributed by atoms with van der Waals surface area (Å²) in [6, 6.07) is 7.06. The molecular weight excluding hydrogens is 242 g/mol. The number of hydrogen-bond donors (Lipinski definition) is 3. The molecule has 1 aromatic carbocycles. The van der Waals surface area contributed by atoms with Gasteiger partial charge in [0.1, 0.15) is 0 Å². The van der Waals surface area contributed by atoms with Gasteiger partial charge in [0.15, 0.2) is 0 Å². The number of rotatable bonds is 3. The Morgan fingerprint density at radius 2 is 2.21 bits per heavy atom. The van der Waals surface area contributed by atoms with Gasteiger partial charge in [-0.25, -0.2) is 0 Å². The van der Waals surface area contributed by atoms with Gasteiger partial charge < -0.3 is 16.4 Å².